The lowest BCUT2D eigenvalue weighted by Gasteiger charge is -2.14. The average Bonchev–Trinajstić information content (AvgIpc) is 3.81. The highest BCUT2D eigenvalue weighted by atomic mass is 19.1. The lowest BCUT2D eigenvalue weighted by Crippen LogP contribution is -2.32. The molecule has 0 saturated heterocycles. The molecule has 0 atom stereocenters. The van der Waals surface area contributed by atoms with Gasteiger partial charge < -0.3 is 4.42 Å². The van der Waals surface area contributed by atoms with Crippen LogP contribution in [0.15, 0.2) is 120 Å². The first-order valence-corrected chi connectivity index (χ1v) is 26.9. The predicted molar refractivity (Wildman–Crippen MR) is 312 cm³/mol. The molecule has 0 aliphatic carbocycles. The molecule has 11 aromatic rings. The van der Waals surface area contributed by atoms with E-state index in [0.717, 1.165) is 107 Å². The summed E-state index contributed by atoms with van der Waals surface area (Å²) in [5, 5.41) is 5.72. The topological polar surface area (TPSA) is 63.5 Å². The van der Waals surface area contributed by atoms with Crippen LogP contribution in [0.2, 0.25) is 0 Å². The van der Waals surface area contributed by atoms with Gasteiger partial charge in [-0.05, 0) is 213 Å². The first-order valence-electron chi connectivity index (χ1n) is 26.9. The molecule has 0 N–H and O–H groups in total. The van der Waals surface area contributed by atoms with Crippen LogP contribution in [0.5, 0.6) is 0 Å². The number of furan rings is 1. The van der Waals surface area contributed by atoms with E-state index in [1.807, 2.05) is 115 Å². The van der Waals surface area contributed by atoms with Crippen LogP contribution in [0.1, 0.15) is 89.0 Å². The van der Waals surface area contributed by atoms with Crippen molar-refractivity contribution in [2.45, 2.75) is 103 Å². The fourth-order valence-electron chi connectivity index (χ4n) is 11.1. The van der Waals surface area contributed by atoms with Crippen molar-refractivity contribution in [2.24, 2.45) is 33.0 Å². The Morgan fingerprint density at radius 1 is 0.506 bits per heavy atom. The third-order valence-electron chi connectivity index (χ3n) is 15.6. The Morgan fingerprint density at radius 2 is 1.08 bits per heavy atom. The van der Waals surface area contributed by atoms with Crippen molar-refractivity contribution in [3.05, 3.63) is 189 Å². The smallest absolute Gasteiger partial charge is 0.287 e. The molecule has 392 valence electrons. The quantitative estimate of drug-likeness (QED) is 0.149. The van der Waals surface area contributed by atoms with E-state index in [1.165, 1.54) is 33.2 Å². The van der Waals surface area contributed by atoms with Crippen LogP contribution in [0.4, 0.5) is 8.78 Å². The van der Waals surface area contributed by atoms with Gasteiger partial charge in [0.1, 0.15) is 30.1 Å². The molecule has 0 aliphatic rings. The number of aryl methyl sites for hydroxylation is 7. The molecule has 5 aromatic heterocycles. The summed E-state index contributed by atoms with van der Waals surface area (Å²) < 4.78 is 41.1. The van der Waals surface area contributed by atoms with E-state index in [9.17, 15) is 8.78 Å². The Labute approximate surface area is 453 Å². The van der Waals surface area contributed by atoms with E-state index in [2.05, 4.69) is 141 Å². The van der Waals surface area contributed by atoms with Crippen molar-refractivity contribution in [2.75, 3.05) is 0 Å². The number of aromatic nitrogens is 6. The number of hydrogen-bond donors (Lipinski definition) is 0. The third-order valence-corrected chi connectivity index (χ3v) is 15.6. The lowest BCUT2D eigenvalue weighted by molar-refractivity contribution is -0.662. The average molecular weight is 1030 g/mol. The Morgan fingerprint density at radius 3 is 1.70 bits per heavy atom. The van der Waals surface area contributed by atoms with Gasteiger partial charge in [-0.2, -0.15) is 4.57 Å². The molecule has 0 saturated carbocycles. The highest BCUT2D eigenvalue weighted by Crippen LogP contribution is 2.39. The second-order valence-electron chi connectivity index (χ2n) is 22.2. The van der Waals surface area contributed by atoms with Crippen LogP contribution in [0.25, 0.3) is 88.5 Å². The SMILES string of the molecule is Cc1cc(-c2c3ccc(CC(C)C)cc3nc[n+]2C)c(C)c(C)c1F.Cc1cc(-c2c3ccccc3nc[n+]2C)c(C)c(C)c1F.Cc1ccc2c(n1)oc1c(-c3ccc4c(CC(C)C)cccc4[n+]3C)c(C)c(C)cc12. The van der Waals surface area contributed by atoms with Crippen molar-refractivity contribution in [1.82, 2.24) is 15.0 Å². The maximum Gasteiger partial charge on any atom is 0.287 e. The number of rotatable bonds is 7. The second-order valence-corrected chi connectivity index (χ2v) is 22.2. The largest absolute Gasteiger partial charge is 0.437 e. The molecule has 0 spiro atoms. The van der Waals surface area contributed by atoms with Crippen LogP contribution in [0.3, 0.4) is 0 Å². The van der Waals surface area contributed by atoms with E-state index >= 15 is 0 Å². The maximum atomic E-state index is 14.3. The Kier molecular flexibility index (Phi) is 15.2. The van der Waals surface area contributed by atoms with Gasteiger partial charge in [0.05, 0.1) is 30.4 Å². The highest BCUT2D eigenvalue weighted by Gasteiger charge is 2.26. The number of nitrogens with zero attached hydrogens (tertiary/aromatic N) is 6. The third kappa shape index (κ3) is 10.3. The first-order chi connectivity index (χ1) is 36.6. The molecule has 0 fully saturated rings. The van der Waals surface area contributed by atoms with Gasteiger partial charge in [0, 0.05) is 45.1 Å². The minimum Gasteiger partial charge on any atom is -0.437 e. The molecule has 7 nitrogen and oxygen atoms in total. The molecule has 0 radical (unpaired) electrons. The maximum absolute atomic E-state index is 14.3. The summed E-state index contributed by atoms with van der Waals surface area (Å²) in [7, 11) is 6.13. The van der Waals surface area contributed by atoms with Gasteiger partial charge in [-0.3, -0.25) is 0 Å². The molecular weight excluding hydrogens is 955 g/mol. The molecule has 9 heteroatoms. The zero-order chi connectivity index (χ0) is 55.3. The summed E-state index contributed by atoms with van der Waals surface area (Å²) in [6, 6.07) is 36.0. The number of fused-ring (bicyclic) bond motifs is 6. The Hall–Kier alpha value is -7.78. The van der Waals surface area contributed by atoms with E-state index in [0.29, 0.717) is 34.2 Å². The van der Waals surface area contributed by atoms with Gasteiger partial charge in [-0.25, -0.2) is 22.9 Å². The van der Waals surface area contributed by atoms with Crippen LogP contribution >= 0.6 is 0 Å². The van der Waals surface area contributed by atoms with Crippen LogP contribution in [-0.4, -0.2) is 15.0 Å². The summed E-state index contributed by atoms with van der Waals surface area (Å²) in [6.45, 7) is 26.7. The molecule has 0 unspecified atom stereocenters. The summed E-state index contributed by atoms with van der Waals surface area (Å²) in [5.41, 5.74) is 22.4. The van der Waals surface area contributed by atoms with Crippen molar-refractivity contribution in [3.8, 4) is 33.8 Å². The Bertz CT molecular complexity index is 4110. The molecule has 5 heterocycles. The van der Waals surface area contributed by atoms with Crippen LogP contribution in [-0.2, 0) is 34.0 Å². The van der Waals surface area contributed by atoms with E-state index in [1.54, 1.807) is 0 Å². The zero-order valence-electron chi connectivity index (χ0n) is 47.9. The van der Waals surface area contributed by atoms with E-state index in [4.69, 9.17) is 4.42 Å². The molecule has 0 amide bonds. The van der Waals surface area contributed by atoms with Crippen molar-refractivity contribution < 1.29 is 26.9 Å². The van der Waals surface area contributed by atoms with Gasteiger partial charge in [0.15, 0.2) is 16.6 Å². The van der Waals surface area contributed by atoms with Crippen molar-refractivity contribution in [1.29, 1.82) is 0 Å². The van der Waals surface area contributed by atoms with E-state index < -0.39 is 0 Å². The molecule has 0 bridgehead atoms. The van der Waals surface area contributed by atoms with Crippen LogP contribution in [0, 0.1) is 85.8 Å². The summed E-state index contributed by atoms with van der Waals surface area (Å²) in [4.78, 5) is 13.7. The fraction of sp³-hybridized carbons (Fsp3) is 0.294. The number of benzene rings is 6. The number of hydrogen-bond acceptors (Lipinski definition) is 4. The summed E-state index contributed by atoms with van der Waals surface area (Å²) in [5.74, 6) is 1.01. The fourth-order valence-corrected chi connectivity index (χ4v) is 11.1. The number of para-hydroxylation sites is 1. The summed E-state index contributed by atoms with van der Waals surface area (Å²) >= 11 is 0. The van der Waals surface area contributed by atoms with Gasteiger partial charge in [0.2, 0.25) is 16.9 Å². The second kappa shape index (κ2) is 21.7. The Balaban J connectivity index is 0.000000144. The minimum atomic E-state index is -0.114. The van der Waals surface area contributed by atoms with Gasteiger partial charge in [0.25, 0.3) is 12.7 Å². The van der Waals surface area contributed by atoms with Gasteiger partial charge in [-0.15, -0.1) is 0 Å². The lowest BCUT2D eigenvalue weighted by atomic mass is 9.94. The van der Waals surface area contributed by atoms with E-state index in [-0.39, 0.29) is 11.6 Å². The molecular formula is C68H73F2N6O+3. The zero-order valence-corrected chi connectivity index (χ0v) is 47.9. The minimum absolute atomic E-state index is 0.110. The standard InChI is InChI=1S/C28H29N2O.C22H26FN2.C18H18FN2/c1-16(2)14-20-8-7-9-24-21(20)12-13-25(30(24)6)26-19(5)17(3)15-23-22-11-10-18(4)29-28(22)31-27(23)26;1-13(2)9-17-7-8-18-20(11-17)24-12-25(6)22(18)19-10-14(3)21(23)16(5)15(19)4;1-11-9-15(12(2)13(3)17(11)19)18-14-7-5-6-8-16(14)20-10-21(18)4/h7-13,15-16H,14H2,1-6H3;7-8,10-13H,9H2,1-6H3;5-10H,1-4H3/q3*+1. The van der Waals surface area contributed by atoms with Gasteiger partial charge >= 0.3 is 0 Å². The van der Waals surface area contributed by atoms with Crippen molar-refractivity contribution in [3.63, 3.8) is 0 Å². The van der Waals surface area contributed by atoms with Crippen molar-refractivity contribution >= 4 is 54.8 Å². The number of halogens is 2. The van der Waals surface area contributed by atoms with Crippen LogP contribution < -0.4 is 13.7 Å². The van der Waals surface area contributed by atoms with Gasteiger partial charge in [-0.1, -0.05) is 58.0 Å². The summed E-state index contributed by atoms with van der Waals surface area (Å²) in [6.07, 6.45) is 5.79. The monoisotopic (exact) mass is 1030 g/mol. The molecule has 77 heavy (non-hydrogen) atoms. The molecule has 6 aromatic carbocycles. The number of pyridine rings is 2. The highest BCUT2D eigenvalue weighted by molar-refractivity contribution is 6.09. The molecule has 11 rings (SSSR count). The normalized spacial score (nSPS) is 11.6. The first kappa shape index (κ1) is 54.0. The predicted octanol–water partition coefficient (Wildman–Crippen LogP) is 15.5. The molecule has 0 aliphatic heterocycles.